The monoisotopic (exact) mass is 409 g/mol. The van der Waals surface area contributed by atoms with E-state index in [1.165, 1.54) is 16.5 Å². The summed E-state index contributed by atoms with van der Waals surface area (Å²) in [6.07, 6.45) is 1.63. The van der Waals surface area contributed by atoms with E-state index < -0.39 is 0 Å². The van der Waals surface area contributed by atoms with Crippen molar-refractivity contribution in [3.05, 3.63) is 57.6 Å². The molecule has 144 valence electrons. The summed E-state index contributed by atoms with van der Waals surface area (Å²) in [5.74, 6) is 0.820. The Bertz CT molecular complexity index is 791. The van der Waals surface area contributed by atoms with Gasteiger partial charge in [0.05, 0.1) is 31.9 Å². The van der Waals surface area contributed by atoms with Crippen LogP contribution in [0.2, 0.25) is 10.0 Å². The molecule has 0 spiro atoms. The zero-order valence-electron chi connectivity index (χ0n) is 15.1. The van der Waals surface area contributed by atoms with Crippen LogP contribution in [0.3, 0.4) is 0 Å². The highest BCUT2D eigenvalue weighted by atomic mass is 35.5. The first kappa shape index (κ1) is 20.0. The van der Waals surface area contributed by atoms with E-state index in [-0.39, 0.29) is 16.8 Å². The van der Waals surface area contributed by atoms with Gasteiger partial charge in [-0.2, -0.15) is 0 Å². The molecule has 3 rings (SSSR count). The number of morpholine rings is 1. The number of nitrogens with one attached hydrogen (secondary N) is 1. The number of ether oxygens (including phenoxy) is 2. The van der Waals surface area contributed by atoms with Gasteiger partial charge >= 0.3 is 0 Å². The number of rotatable bonds is 6. The van der Waals surface area contributed by atoms with Crippen molar-refractivity contribution in [1.82, 2.24) is 0 Å². The lowest BCUT2D eigenvalue weighted by Crippen LogP contribution is -3.14. The number of phenolic OH excluding ortho intramolecular Hbond substituents is 1. The summed E-state index contributed by atoms with van der Waals surface area (Å²) in [7, 11) is 1.66. The molecule has 7 heteroatoms. The first-order chi connectivity index (χ1) is 13.1. The molecule has 0 aliphatic carbocycles. The molecule has 5 nitrogen and oxygen atoms in total. The van der Waals surface area contributed by atoms with Gasteiger partial charge in [0.2, 0.25) is 0 Å². The Labute approximate surface area is 169 Å². The van der Waals surface area contributed by atoms with E-state index in [0.29, 0.717) is 17.1 Å². The predicted octanol–water partition coefficient (Wildman–Crippen LogP) is 2.78. The Morgan fingerprint density at radius 1 is 1.22 bits per heavy atom. The van der Waals surface area contributed by atoms with Gasteiger partial charge in [-0.15, -0.1) is 0 Å². The van der Waals surface area contributed by atoms with Crippen molar-refractivity contribution in [3.8, 4) is 11.5 Å². The molecule has 1 aliphatic heterocycles. The molecule has 2 N–H and O–H groups in total. The Balaban J connectivity index is 1.80. The first-order valence-corrected chi connectivity index (χ1v) is 9.58. The number of methoxy groups -OCH3 is 1. The molecule has 2 aromatic carbocycles. The number of hydrogen-bond acceptors (Lipinski definition) is 4. The smallest absolute Gasteiger partial charge is 0.143 e. The molecular formula is C20H23Cl2N2O3+. The van der Waals surface area contributed by atoms with Gasteiger partial charge < -0.3 is 19.5 Å². The van der Waals surface area contributed by atoms with Crippen LogP contribution < -0.4 is 9.64 Å². The number of hydrogen-bond donors (Lipinski definition) is 2. The minimum atomic E-state index is -0.00969. The molecule has 0 radical (unpaired) electrons. The fourth-order valence-corrected chi connectivity index (χ4v) is 3.74. The van der Waals surface area contributed by atoms with Crippen molar-refractivity contribution in [2.75, 3.05) is 40.0 Å². The van der Waals surface area contributed by atoms with E-state index in [4.69, 9.17) is 32.7 Å². The Morgan fingerprint density at radius 2 is 1.93 bits per heavy atom. The topological polar surface area (TPSA) is 55.5 Å². The lowest BCUT2D eigenvalue weighted by Gasteiger charge is -2.31. The summed E-state index contributed by atoms with van der Waals surface area (Å²) in [6.45, 7) is 3.93. The molecule has 1 fully saturated rings. The zero-order valence-corrected chi connectivity index (χ0v) is 16.6. The second-order valence-electron chi connectivity index (χ2n) is 6.42. The number of nitrogens with zero attached hydrogens (tertiary/aromatic N) is 1. The van der Waals surface area contributed by atoms with Crippen LogP contribution >= 0.6 is 23.2 Å². The lowest BCUT2D eigenvalue weighted by atomic mass is 10.0. The van der Waals surface area contributed by atoms with Crippen LogP contribution in [0, 0.1) is 0 Å². The van der Waals surface area contributed by atoms with E-state index in [1.807, 2.05) is 12.1 Å². The molecule has 1 heterocycles. The van der Waals surface area contributed by atoms with Crippen LogP contribution in [0.15, 0.2) is 41.4 Å². The highest BCUT2D eigenvalue weighted by Gasteiger charge is 2.26. The van der Waals surface area contributed by atoms with Gasteiger partial charge in [-0.05, 0) is 36.4 Å². The number of aliphatic imine (C=N–C) groups is 1. The van der Waals surface area contributed by atoms with E-state index in [9.17, 15) is 5.11 Å². The van der Waals surface area contributed by atoms with E-state index in [1.54, 1.807) is 19.4 Å². The highest BCUT2D eigenvalue weighted by Crippen LogP contribution is 2.30. The molecule has 0 saturated carbocycles. The molecule has 1 saturated heterocycles. The molecular weight excluding hydrogens is 387 g/mol. The molecule has 27 heavy (non-hydrogen) atoms. The minimum Gasteiger partial charge on any atom is -0.506 e. The molecule has 1 aliphatic rings. The van der Waals surface area contributed by atoms with Gasteiger partial charge in [-0.25, -0.2) is 0 Å². The summed E-state index contributed by atoms with van der Waals surface area (Å²) in [6, 6.07) is 11.4. The summed E-state index contributed by atoms with van der Waals surface area (Å²) in [4.78, 5) is 6.01. The maximum atomic E-state index is 10.1. The summed E-state index contributed by atoms with van der Waals surface area (Å²) >= 11 is 12.0. The second kappa shape index (κ2) is 9.42. The average molecular weight is 410 g/mol. The van der Waals surface area contributed by atoms with Crippen molar-refractivity contribution in [2.24, 2.45) is 4.99 Å². The van der Waals surface area contributed by atoms with Crippen molar-refractivity contribution in [3.63, 3.8) is 0 Å². The number of benzene rings is 2. The average Bonchev–Trinajstić information content (AvgIpc) is 2.69. The van der Waals surface area contributed by atoms with Gasteiger partial charge in [0.25, 0.3) is 0 Å². The third-order valence-electron chi connectivity index (χ3n) is 4.72. The van der Waals surface area contributed by atoms with Crippen molar-refractivity contribution >= 4 is 29.4 Å². The predicted molar refractivity (Wildman–Crippen MR) is 108 cm³/mol. The van der Waals surface area contributed by atoms with E-state index >= 15 is 0 Å². The summed E-state index contributed by atoms with van der Waals surface area (Å²) in [5.41, 5.74) is 1.70. The van der Waals surface area contributed by atoms with Gasteiger partial charge in [0.15, 0.2) is 0 Å². The summed E-state index contributed by atoms with van der Waals surface area (Å²) < 4.78 is 10.8. The quantitative estimate of drug-likeness (QED) is 0.721. The highest BCUT2D eigenvalue weighted by molar-refractivity contribution is 6.36. The summed E-state index contributed by atoms with van der Waals surface area (Å²) in [5, 5.41) is 10.8. The fraction of sp³-hybridized carbons (Fsp3) is 0.350. The zero-order chi connectivity index (χ0) is 19.2. The number of aromatic hydroxyl groups is 1. The van der Waals surface area contributed by atoms with Crippen LogP contribution in [0.5, 0.6) is 11.5 Å². The second-order valence-corrected chi connectivity index (χ2v) is 7.26. The van der Waals surface area contributed by atoms with Gasteiger partial charge in [-0.1, -0.05) is 23.2 Å². The van der Waals surface area contributed by atoms with Crippen LogP contribution in [0.25, 0.3) is 0 Å². The first-order valence-electron chi connectivity index (χ1n) is 8.82. The largest absolute Gasteiger partial charge is 0.506 e. The van der Waals surface area contributed by atoms with Gasteiger partial charge in [-0.3, -0.25) is 4.99 Å². The molecule has 0 unspecified atom stereocenters. The molecule has 0 aromatic heterocycles. The minimum absolute atomic E-state index is 0.00969. The number of halogens is 2. The fourth-order valence-electron chi connectivity index (χ4n) is 3.23. The lowest BCUT2D eigenvalue weighted by molar-refractivity contribution is -0.937. The third kappa shape index (κ3) is 5.14. The van der Waals surface area contributed by atoms with Crippen LogP contribution in [0.1, 0.15) is 17.2 Å². The Morgan fingerprint density at radius 3 is 2.59 bits per heavy atom. The molecule has 0 bridgehead atoms. The number of phenols is 1. The molecule has 0 amide bonds. The third-order valence-corrected chi connectivity index (χ3v) is 5.23. The van der Waals surface area contributed by atoms with Crippen molar-refractivity contribution in [2.45, 2.75) is 6.04 Å². The molecule has 2 aromatic rings. The maximum absolute atomic E-state index is 10.1. The maximum Gasteiger partial charge on any atom is 0.143 e. The van der Waals surface area contributed by atoms with E-state index in [2.05, 4.69) is 17.1 Å². The van der Waals surface area contributed by atoms with Crippen molar-refractivity contribution in [1.29, 1.82) is 0 Å². The van der Waals surface area contributed by atoms with Crippen LogP contribution in [-0.2, 0) is 4.74 Å². The number of quaternary nitrogens is 1. The van der Waals surface area contributed by atoms with E-state index in [0.717, 1.165) is 32.1 Å². The molecule has 1 atom stereocenters. The van der Waals surface area contributed by atoms with Crippen LogP contribution in [0.4, 0.5) is 0 Å². The van der Waals surface area contributed by atoms with Crippen molar-refractivity contribution < 1.29 is 19.5 Å². The Kier molecular flexibility index (Phi) is 6.96. The van der Waals surface area contributed by atoms with Crippen LogP contribution in [-0.4, -0.2) is 51.3 Å². The standard InChI is InChI=1S/C20H22Cl2N2O3/c1-26-17-4-2-14(3-5-17)19(24-6-8-27-9-7-24)13-23-12-15-10-16(21)11-18(22)20(15)25/h2-5,10-12,19,25H,6-9,13H2,1H3/p+1/t19-/m0/s1. The van der Waals surface area contributed by atoms with Gasteiger partial charge in [0, 0.05) is 22.4 Å². The normalized spacial score (nSPS) is 16.6. The van der Waals surface area contributed by atoms with Gasteiger partial charge in [0.1, 0.15) is 30.6 Å². The Hall–Kier alpha value is -1.79. The SMILES string of the molecule is COc1ccc([C@H](CN=Cc2cc(Cl)cc(Cl)c2O)[NH+]2CCOCC2)cc1.